The summed E-state index contributed by atoms with van der Waals surface area (Å²) in [6.07, 6.45) is 1.72. The summed E-state index contributed by atoms with van der Waals surface area (Å²) in [5, 5.41) is 10.8. The molecule has 3 nitrogen and oxygen atoms in total. The number of aromatic nitrogens is 1. The number of hydrogen-bond acceptors (Lipinski definition) is 4. The summed E-state index contributed by atoms with van der Waals surface area (Å²) in [4.78, 5) is 5.14. The summed E-state index contributed by atoms with van der Waals surface area (Å²) in [5.74, 6) is 1.34. The van der Waals surface area contributed by atoms with Crippen molar-refractivity contribution in [3.8, 4) is 5.75 Å². The van der Waals surface area contributed by atoms with Gasteiger partial charge in [0.25, 0.3) is 0 Å². The largest absolute Gasteiger partial charge is 0.486 e. The van der Waals surface area contributed by atoms with E-state index in [-0.39, 0.29) is 0 Å². The van der Waals surface area contributed by atoms with E-state index in [1.807, 2.05) is 12.1 Å². The summed E-state index contributed by atoms with van der Waals surface area (Å²) < 4.78 is 5.78. The number of nitrogens with zero attached hydrogens (tertiary/aromatic N) is 1. The first-order valence-corrected chi connectivity index (χ1v) is 7.58. The second kappa shape index (κ2) is 5.94. The molecule has 1 heterocycles. The summed E-state index contributed by atoms with van der Waals surface area (Å²) in [6, 6.07) is 8.13. The third kappa shape index (κ3) is 3.81. The lowest BCUT2D eigenvalue weighted by molar-refractivity contribution is 0.0823. The van der Waals surface area contributed by atoms with Crippen LogP contribution in [0.1, 0.15) is 49.1 Å². The van der Waals surface area contributed by atoms with Crippen LogP contribution in [-0.2, 0) is 12.2 Å². The van der Waals surface area contributed by atoms with Crippen LogP contribution in [0, 0.1) is 0 Å². The van der Waals surface area contributed by atoms with Gasteiger partial charge in [0.05, 0.1) is 10.5 Å². The van der Waals surface area contributed by atoms with Crippen molar-refractivity contribution in [1.82, 2.24) is 4.98 Å². The van der Waals surface area contributed by atoms with E-state index >= 15 is 0 Å². The lowest BCUT2D eigenvalue weighted by Crippen LogP contribution is -2.12. The van der Waals surface area contributed by atoms with E-state index in [9.17, 15) is 5.11 Å². The Morgan fingerprint density at radius 3 is 2.70 bits per heavy atom. The van der Waals surface area contributed by atoms with Gasteiger partial charge in [-0.3, -0.25) is 0 Å². The molecule has 0 saturated heterocycles. The van der Waals surface area contributed by atoms with Gasteiger partial charge in [0.1, 0.15) is 17.4 Å². The van der Waals surface area contributed by atoms with Crippen LogP contribution < -0.4 is 4.74 Å². The van der Waals surface area contributed by atoms with E-state index < -0.39 is 5.60 Å². The van der Waals surface area contributed by atoms with Gasteiger partial charge in [-0.2, -0.15) is 0 Å². The Hall–Kier alpha value is -1.39. The lowest BCUT2D eigenvalue weighted by Gasteiger charge is -2.13. The quantitative estimate of drug-likeness (QED) is 0.903. The maximum absolute atomic E-state index is 9.91. The van der Waals surface area contributed by atoms with Gasteiger partial charge in [0.15, 0.2) is 0 Å². The molecule has 0 fully saturated rings. The van der Waals surface area contributed by atoms with Crippen LogP contribution >= 0.6 is 11.3 Å². The zero-order chi connectivity index (χ0) is 14.8. The maximum atomic E-state index is 9.91. The summed E-state index contributed by atoms with van der Waals surface area (Å²) >= 11 is 1.48. The normalized spacial score (nSPS) is 11.9. The topological polar surface area (TPSA) is 42.4 Å². The zero-order valence-corrected chi connectivity index (χ0v) is 13.2. The molecule has 0 radical (unpaired) electrons. The molecule has 0 saturated carbocycles. The fraction of sp³-hybridized carbons (Fsp3) is 0.438. The Balaban J connectivity index is 2.02. The SMILES string of the molecule is CC(C)c1cccc(OCc2ncc(C(C)(C)O)s2)c1. The highest BCUT2D eigenvalue weighted by Gasteiger charge is 2.19. The first kappa shape index (κ1) is 15.0. The Morgan fingerprint density at radius 2 is 2.10 bits per heavy atom. The number of aliphatic hydroxyl groups is 1. The molecule has 1 aromatic heterocycles. The number of rotatable bonds is 5. The number of benzene rings is 1. The van der Waals surface area contributed by atoms with Crippen LogP contribution in [0.2, 0.25) is 0 Å². The van der Waals surface area contributed by atoms with E-state index in [4.69, 9.17) is 4.74 Å². The lowest BCUT2D eigenvalue weighted by atomic mass is 10.0. The molecule has 1 N–H and O–H groups in total. The van der Waals surface area contributed by atoms with E-state index in [0.29, 0.717) is 12.5 Å². The molecule has 0 atom stereocenters. The molecular weight excluding hydrogens is 270 g/mol. The van der Waals surface area contributed by atoms with Crippen LogP contribution in [0.25, 0.3) is 0 Å². The van der Waals surface area contributed by atoms with Gasteiger partial charge in [-0.05, 0) is 37.5 Å². The van der Waals surface area contributed by atoms with Gasteiger partial charge in [0, 0.05) is 6.20 Å². The molecule has 0 amide bonds. The highest BCUT2D eigenvalue weighted by molar-refractivity contribution is 7.11. The Labute approximate surface area is 124 Å². The molecule has 0 bridgehead atoms. The van der Waals surface area contributed by atoms with Crippen molar-refractivity contribution in [1.29, 1.82) is 0 Å². The third-order valence-corrected chi connectivity index (χ3v) is 4.33. The van der Waals surface area contributed by atoms with Crippen molar-refractivity contribution in [3.05, 3.63) is 45.9 Å². The Morgan fingerprint density at radius 1 is 1.35 bits per heavy atom. The molecule has 4 heteroatoms. The second-order valence-electron chi connectivity index (χ2n) is 5.69. The molecule has 20 heavy (non-hydrogen) atoms. The highest BCUT2D eigenvalue weighted by atomic mass is 32.1. The molecule has 1 aromatic carbocycles. The fourth-order valence-corrected chi connectivity index (χ4v) is 2.60. The number of thiazole rings is 1. The molecule has 108 valence electrons. The van der Waals surface area contributed by atoms with Crippen LogP contribution in [0.5, 0.6) is 5.75 Å². The first-order chi connectivity index (χ1) is 9.36. The predicted molar refractivity (Wildman–Crippen MR) is 82.2 cm³/mol. The fourth-order valence-electron chi connectivity index (χ4n) is 1.77. The van der Waals surface area contributed by atoms with Gasteiger partial charge >= 0.3 is 0 Å². The molecular formula is C16H21NO2S. The van der Waals surface area contributed by atoms with Crippen molar-refractivity contribution in [2.45, 2.75) is 45.8 Å². The molecule has 0 spiro atoms. The average molecular weight is 291 g/mol. The van der Waals surface area contributed by atoms with Gasteiger partial charge in [-0.1, -0.05) is 26.0 Å². The minimum atomic E-state index is -0.840. The highest BCUT2D eigenvalue weighted by Crippen LogP contribution is 2.27. The number of hydrogen-bond donors (Lipinski definition) is 1. The smallest absolute Gasteiger partial charge is 0.140 e. The molecule has 0 unspecified atom stereocenters. The van der Waals surface area contributed by atoms with Crippen LogP contribution in [0.4, 0.5) is 0 Å². The standard InChI is InChI=1S/C16H21NO2S/c1-11(2)12-6-5-7-13(8-12)19-10-15-17-9-14(20-15)16(3,4)18/h5-9,11,18H,10H2,1-4H3. The van der Waals surface area contributed by atoms with Crippen molar-refractivity contribution >= 4 is 11.3 Å². The second-order valence-corrected chi connectivity index (χ2v) is 6.81. The monoisotopic (exact) mass is 291 g/mol. The Bertz CT molecular complexity index is 570. The van der Waals surface area contributed by atoms with Crippen molar-refractivity contribution in [3.63, 3.8) is 0 Å². The predicted octanol–water partition coefficient (Wildman–Crippen LogP) is 4.07. The van der Waals surface area contributed by atoms with E-state index in [2.05, 4.69) is 31.0 Å². The summed E-state index contributed by atoms with van der Waals surface area (Å²) in [6.45, 7) is 8.28. The molecule has 0 aliphatic carbocycles. The molecule has 2 rings (SSSR count). The average Bonchev–Trinajstić information content (AvgIpc) is 2.85. The summed E-state index contributed by atoms with van der Waals surface area (Å²) in [5.41, 5.74) is 0.423. The number of ether oxygens (including phenoxy) is 1. The zero-order valence-electron chi connectivity index (χ0n) is 12.4. The summed E-state index contributed by atoms with van der Waals surface area (Å²) in [7, 11) is 0. The van der Waals surface area contributed by atoms with E-state index in [0.717, 1.165) is 15.6 Å². The van der Waals surface area contributed by atoms with E-state index in [1.54, 1.807) is 20.0 Å². The van der Waals surface area contributed by atoms with Gasteiger partial charge in [0.2, 0.25) is 0 Å². The maximum Gasteiger partial charge on any atom is 0.140 e. The van der Waals surface area contributed by atoms with Crippen molar-refractivity contribution in [2.24, 2.45) is 0 Å². The van der Waals surface area contributed by atoms with Crippen LogP contribution in [-0.4, -0.2) is 10.1 Å². The third-order valence-electron chi connectivity index (χ3n) is 3.04. The van der Waals surface area contributed by atoms with Gasteiger partial charge < -0.3 is 9.84 Å². The molecule has 0 aliphatic rings. The minimum absolute atomic E-state index is 0.433. The first-order valence-electron chi connectivity index (χ1n) is 6.76. The Kier molecular flexibility index (Phi) is 4.45. The van der Waals surface area contributed by atoms with Gasteiger partial charge in [-0.25, -0.2) is 4.98 Å². The minimum Gasteiger partial charge on any atom is -0.486 e. The van der Waals surface area contributed by atoms with Gasteiger partial charge in [-0.15, -0.1) is 11.3 Å². The van der Waals surface area contributed by atoms with E-state index in [1.165, 1.54) is 16.9 Å². The van der Waals surface area contributed by atoms with Crippen LogP contribution in [0.3, 0.4) is 0 Å². The molecule has 2 aromatic rings. The van der Waals surface area contributed by atoms with Crippen LogP contribution in [0.15, 0.2) is 30.5 Å². The van der Waals surface area contributed by atoms with Crippen molar-refractivity contribution < 1.29 is 9.84 Å². The van der Waals surface area contributed by atoms with Crippen molar-refractivity contribution in [2.75, 3.05) is 0 Å². The molecule has 0 aliphatic heterocycles.